The molecular formula is C17H17N3. The Bertz CT molecular complexity index is 722. The van der Waals surface area contributed by atoms with E-state index in [1.807, 2.05) is 13.0 Å². The Balaban J connectivity index is 2.16. The van der Waals surface area contributed by atoms with Crippen LogP contribution in [0.5, 0.6) is 0 Å². The van der Waals surface area contributed by atoms with Crippen molar-refractivity contribution in [2.75, 3.05) is 0 Å². The maximum atomic E-state index is 9.33. The van der Waals surface area contributed by atoms with Crippen molar-refractivity contribution in [2.24, 2.45) is 0 Å². The number of nitrogens with zero attached hydrogens (tertiary/aromatic N) is 3. The molecule has 3 rings (SSSR count). The number of hydrogen-bond acceptors (Lipinski definition) is 3. The molecule has 1 aliphatic carbocycles. The second-order valence-electron chi connectivity index (χ2n) is 5.73. The summed E-state index contributed by atoms with van der Waals surface area (Å²) in [4.78, 5) is 9.16. The van der Waals surface area contributed by atoms with Gasteiger partial charge in [-0.1, -0.05) is 17.7 Å². The maximum absolute atomic E-state index is 9.33. The fourth-order valence-electron chi connectivity index (χ4n) is 2.44. The highest BCUT2D eigenvalue weighted by atomic mass is 14.9. The SMILES string of the molecule is Cc1ccc(C)c(-c2cc(C)nc(C3(C#N)CC3)n2)c1. The van der Waals surface area contributed by atoms with Gasteiger partial charge in [0.15, 0.2) is 0 Å². The lowest BCUT2D eigenvalue weighted by Crippen LogP contribution is -2.10. The highest BCUT2D eigenvalue weighted by Gasteiger charge is 2.48. The summed E-state index contributed by atoms with van der Waals surface area (Å²) in [5, 5.41) is 9.33. The van der Waals surface area contributed by atoms with Crippen LogP contribution in [0.4, 0.5) is 0 Å². The Kier molecular flexibility index (Phi) is 2.83. The molecule has 20 heavy (non-hydrogen) atoms. The number of rotatable bonds is 2. The fourth-order valence-corrected chi connectivity index (χ4v) is 2.44. The van der Waals surface area contributed by atoms with Crippen LogP contribution in [0.15, 0.2) is 24.3 Å². The maximum Gasteiger partial charge on any atom is 0.149 e. The average Bonchev–Trinajstić information content (AvgIpc) is 3.22. The summed E-state index contributed by atoms with van der Waals surface area (Å²) in [6, 6.07) is 10.7. The predicted octanol–water partition coefficient (Wildman–Crippen LogP) is 3.62. The number of aromatic nitrogens is 2. The monoisotopic (exact) mass is 263 g/mol. The Hall–Kier alpha value is -2.21. The van der Waals surface area contributed by atoms with E-state index in [1.54, 1.807) is 0 Å². The lowest BCUT2D eigenvalue weighted by molar-refractivity contribution is 0.789. The van der Waals surface area contributed by atoms with E-state index in [9.17, 15) is 5.26 Å². The highest BCUT2D eigenvalue weighted by molar-refractivity contribution is 5.65. The molecule has 0 spiro atoms. The third kappa shape index (κ3) is 2.08. The van der Waals surface area contributed by atoms with Crippen molar-refractivity contribution < 1.29 is 0 Å². The molecule has 0 unspecified atom stereocenters. The standard InChI is InChI=1S/C17H17N3/c1-11-4-5-12(2)14(8-11)15-9-13(3)19-16(20-15)17(10-18)6-7-17/h4-5,8-9H,6-7H2,1-3H3. The van der Waals surface area contributed by atoms with Crippen LogP contribution in [-0.4, -0.2) is 9.97 Å². The third-order valence-corrected chi connectivity index (χ3v) is 3.92. The summed E-state index contributed by atoms with van der Waals surface area (Å²) in [5.41, 5.74) is 4.96. The van der Waals surface area contributed by atoms with E-state index in [2.05, 4.69) is 48.1 Å². The first-order valence-electron chi connectivity index (χ1n) is 6.89. The van der Waals surface area contributed by atoms with E-state index in [1.165, 1.54) is 11.1 Å². The van der Waals surface area contributed by atoms with Gasteiger partial charge in [0.25, 0.3) is 0 Å². The minimum absolute atomic E-state index is 0.432. The Labute approximate surface area is 119 Å². The molecule has 2 aromatic rings. The van der Waals surface area contributed by atoms with Crippen molar-refractivity contribution in [1.29, 1.82) is 5.26 Å². The number of aryl methyl sites for hydroxylation is 3. The van der Waals surface area contributed by atoms with Crippen LogP contribution < -0.4 is 0 Å². The topological polar surface area (TPSA) is 49.6 Å². The summed E-state index contributed by atoms with van der Waals surface area (Å²) in [7, 11) is 0. The lowest BCUT2D eigenvalue weighted by atomic mass is 10.0. The van der Waals surface area contributed by atoms with Crippen LogP contribution >= 0.6 is 0 Å². The fraction of sp³-hybridized carbons (Fsp3) is 0.353. The van der Waals surface area contributed by atoms with Crippen molar-refractivity contribution >= 4 is 0 Å². The summed E-state index contributed by atoms with van der Waals surface area (Å²) in [5.74, 6) is 0.691. The largest absolute Gasteiger partial charge is 0.236 e. The first-order valence-corrected chi connectivity index (χ1v) is 6.89. The molecule has 1 fully saturated rings. The van der Waals surface area contributed by atoms with E-state index in [-0.39, 0.29) is 0 Å². The molecule has 0 bridgehead atoms. The number of nitriles is 1. The molecular weight excluding hydrogens is 246 g/mol. The van der Waals surface area contributed by atoms with Crippen molar-refractivity contribution in [1.82, 2.24) is 9.97 Å². The molecule has 0 saturated heterocycles. The molecule has 0 N–H and O–H groups in total. The average molecular weight is 263 g/mol. The van der Waals surface area contributed by atoms with Gasteiger partial charge in [0.2, 0.25) is 0 Å². The van der Waals surface area contributed by atoms with Gasteiger partial charge in [-0.3, -0.25) is 0 Å². The molecule has 1 aliphatic rings. The van der Waals surface area contributed by atoms with Gasteiger partial charge in [0.05, 0.1) is 11.8 Å². The van der Waals surface area contributed by atoms with Gasteiger partial charge < -0.3 is 0 Å². The number of benzene rings is 1. The highest BCUT2D eigenvalue weighted by Crippen LogP contribution is 2.46. The van der Waals surface area contributed by atoms with Gasteiger partial charge in [-0.05, 0) is 51.3 Å². The Morgan fingerprint density at radius 1 is 1.10 bits per heavy atom. The first kappa shape index (κ1) is 12.8. The molecule has 0 radical (unpaired) electrons. The van der Waals surface area contributed by atoms with Crippen LogP contribution in [0.3, 0.4) is 0 Å². The minimum atomic E-state index is -0.432. The quantitative estimate of drug-likeness (QED) is 0.831. The van der Waals surface area contributed by atoms with Gasteiger partial charge >= 0.3 is 0 Å². The normalized spacial score (nSPS) is 15.7. The van der Waals surface area contributed by atoms with Gasteiger partial charge in [-0.25, -0.2) is 9.97 Å². The summed E-state index contributed by atoms with van der Waals surface area (Å²) < 4.78 is 0. The Morgan fingerprint density at radius 2 is 1.85 bits per heavy atom. The van der Waals surface area contributed by atoms with E-state index < -0.39 is 5.41 Å². The predicted molar refractivity (Wildman–Crippen MR) is 78.2 cm³/mol. The zero-order chi connectivity index (χ0) is 14.3. The van der Waals surface area contributed by atoms with Crippen LogP contribution in [-0.2, 0) is 5.41 Å². The molecule has 3 heteroatoms. The van der Waals surface area contributed by atoms with Gasteiger partial charge in [0, 0.05) is 11.3 Å². The zero-order valence-electron chi connectivity index (χ0n) is 12.1. The molecule has 1 heterocycles. The molecule has 0 amide bonds. The second-order valence-corrected chi connectivity index (χ2v) is 5.73. The van der Waals surface area contributed by atoms with Crippen LogP contribution in [0.2, 0.25) is 0 Å². The molecule has 100 valence electrons. The molecule has 1 saturated carbocycles. The Morgan fingerprint density at radius 3 is 2.50 bits per heavy atom. The van der Waals surface area contributed by atoms with Crippen LogP contribution in [0, 0.1) is 32.1 Å². The van der Waals surface area contributed by atoms with Gasteiger partial charge in [-0.15, -0.1) is 0 Å². The minimum Gasteiger partial charge on any atom is -0.236 e. The van der Waals surface area contributed by atoms with E-state index in [0.717, 1.165) is 29.8 Å². The van der Waals surface area contributed by atoms with E-state index in [4.69, 9.17) is 0 Å². The van der Waals surface area contributed by atoms with E-state index >= 15 is 0 Å². The van der Waals surface area contributed by atoms with Crippen LogP contribution in [0.25, 0.3) is 11.3 Å². The molecule has 1 aromatic heterocycles. The van der Waals surface area contributed by atoms with Gasteiger partial charge in [-0.2, -0.15) is 5.26 Å². The third-order valence-electron chi connectivity index (χ3n) is 3.92. The van der Waals surface area contributed by atoms with Crippen molar-refractivity contribution in [3.05, 3.63) is 46.9 Å². The van der Waals surface area contributed by atoms with Crippen molar-refractivity contribution in [2.45, 2.75) is 39.0 Å². The van der Waals surface area contributed by atoms with E-state index in [0.29, 0.717) is 5.82 Å². The smallest absolute Gasteiger partial charge is 0.149 e. The first-order chi connectivity index (χ1) is 9.54. The molecule has 0 atom stereocenters. The van der Waals surface area contributed by atoms with Crippen molar-refractivity contribution in [3.63, 3.8) is 0 Å². The van der Waals surface area contributed by atoms with Gasteiger partial charge in [0.1, 0.15) is 11.2 Å². The summed E-state index contributed by atoms with van der Waals surface area (Å²) in [6.07, 6.45) is 1.75. The second kappa shape index (κ2) is 4.42. The molecule has 0 aliphatic heterocycles. The summed E-state index contributed by atoms with van der Waals surface area (Å²) in [6.45, 7) is 6.13. The number of hydrogen-bond donors (Lipinski definition) is 0. The van der Waals surface area contributed by atoms with Crippen LogP contribution in [0.1, 0.15) is 35.5 Å². The summed E-state index contributed by atoms with van der Waals surface area (Å²) >= 11 is 0. The molecule has 1 aromatic carbocycles. The van der Waals surface area contributed by atoms with Crippen molar-refractivity contribution in [3.8, 4) is 17.3 Å². The zero-order valence-corrected chi connectivity index (χ0v) is 12.1. The molecule has 3 nitrogen and oxygen atoms in total. The lowest BCUT2D eigenvalue weighted by Gasteiger charge is -2.11.